The molecule has 4 rings (SSSR count). The summed E-state index contributed by atoms with van der Waals surface area (Å²) in [7, 11) is 5.46. The number of Topliss-reactive ketones (excluding diaryl/α,β-unsaturated/α-hetero) is 4. The lowest BCUT2D eigenvalue weighted by atomic mass is 10.0. The molecular formula is C85H131F6N19O19. The molecule has 0 aliphatic rings. The fourth-order valence-electron chi connectivity index (χ4n) is 9.44. The van der Waals surface area contributed by atoms with Gasteiger partial charge in [-0.3, -0.25) is 68.1 Å². The van der Waals surface area contributed by atoms with Crippen LogP contribution in [-0.4, -0.2) is 242 Å². The molecule has 129 heavy (non-hydrogen) atoms. The van der Waals surface area contributed by atoms with Crippen molar-refractivity contribution in [3.8, 4) is 35.6 Å². The summed E-state index contributed by atoms with van der Waals surface area (Å²) in [5.41, 5.74) is 20.1. The van der Waals surface area contributed by atoms with E-state index in [9.17, 15) is 69.5 Å². The second-order valence-corrected chi connectivity index (χ2v) is 29.2. The average molecular weight is 1840 g/mol. The number of pyridine rings is 1. The zero-order valence-corrected chi connectivity index (χ0v) is 72.8. The minimum absolute atomic E-state index is 0. The number of amidine groups is 4. The van der Waals surface area contributed by atoms with Crippen LogP contribution in [0.25, 0.3) is 0 Å². The average Bonchev–Trinajstić information content (AvgIpc) is 1.20. The number of aliphatic imine (C=N–C) groups is 4. The molecule has 0 bridgehead atoms. The maximum absolute atomic E-state index is 12.8. The van der Waals surface area contributed by atoms with E-state index in [0.717, 1.165) is 17.0 Å². The van der Waals surface area contributed by atoms with Crippen LogP contribution in [-0.2, 0) is 78.2 Å². The summed E-state index contributed by atoms with van der Waals surface area (Å²) in [5.74, 6) is -2.54. The van der Waals surface area contributed by atoms with Gasteiger partial charge >= 0.3 is 18.3 Å². The van der Waals surface area contributed by atoms with E-state index < -0.39 is 107 Å². The molecule has 0 saturated carbocycles. The number of nitrogens with two attached hydrogens (primary N) is 4. The number of rotatable bonds is 51. The molecule has 4 amide bonds. The standard InChI is InChI=1S/C24H31F6N3O6.C21H31N5O4.C19H28N6O4.C17H25N5O5.4CH4/c1-22(2,37-3)21(36)33-16(17(34)14-39-20(23(25,26)27)24(28,29)30)10-7-11-32-18(31)12-19(35)38-13-15-8-5-4-6-9-15;1-14-11-16(12-15(2)25-14)30-13-18(27)17(26-20(28)21(3,4)29-5)7-6-10-24-19(23)8-9-22;1-13-23-10-14(11-24-13)29-12-16(26)15(25-18(27)19(2,3)28-4)6-5-9-22-17(21)7-8-20;1-17(2,25-3)16(24)21-12(5-4-9-20-14(19)6-8-18)13(23)11-26-15-7-10-27-22-15;;;;/h4-6,8-9,16,20H,7,10-14H2,1-3H3,(H2,31,32)(H,33,36);11-12,17H,6-8,10,13H2,1-5H3,(H2,23,24)(H,26,28);10-11,15H,5-7,9,12H2,1-4H3,(H2,21,22)(H,25,27);7,10,12H,4-6,9,11H2,1-3H3,(H2,19,20)(H,21,24);4*1H4/t16-;17-;15-;12-;;;;/m0000..../s1. The monoisotopic (exact) mass is 1840 g/mol. The number of nitrogens with zero attached hydrogens (tertiary/aromatic N) is 11. The SMILES string of the molecule is C.C.C.C.COC(C)(C)C(=O)N[C@@H](CCCN=C(N)CC#N)C(=O)COc1cc(C)nc(C)c1.COC(C)(C)C(=O)N[C@@H](CCCN=C(N)CC#N)C(=O)COc1ccon1.COC(C)(C)C(=O)N[C@@H](CCCN=C(N)CC#N)C(=O)COc1cnc(C)nc1.COC(C)(C)C(=O)N[C@@H](CCCN=C(N)CC(=O)OCc1ccccc1)C(=O)COC(C(F)(F)F)C(F)(F)F. The molecule has 0 saturated heterocycles. The van der Waals surface area contributed by atoms with Gasteiger partial charge in [0.2, 0.25) is 6.10 Å². The molecule has 0 aliphatic carbocycles. The first-order chi connectivity index (χ1) is 58.5. The maximum Gasteiger partial charge on any atom is 0.423 e. The molecular weight excluding hydrogens is 1710 g/mol. The van der Waals surface area contributed by atoms with Gasteiger partial charge in [-0.15, -0.1) is 0 Å². The van der Waals surface area contributed by atoms with Crippen LogP contribution in [0.15, 0.2) is 91.7 Å². The first-order valence-electron chi connectivity index (χ1n) is 38.8. The highest BCUT2D eigenvalue weighted by atomic mass is 19.4. The fourth-order valence-corrected chi connectivity index (χ4v) is 9.44. The Hall–Kier alpha value is -12.2. The number of esters is 1. The molecule has 1 aromatic carbocycles. The van der Waals surface area contributed by atoms with E-state index in [1.165, 1.54) is 67.0 Å². The smallest absolute Gasteiger partial charge is 0.423 e. The number of carbonyl (C=O) groups excluding carboxylic acids is 9. The van der Waals surface area contributed by atoms with Gasteiger partial charge in [-0.05, 0) is 138 Å². The van der Waals surface area contributed by atoms with Gasteiger partial charge in [-0.1, -0.05) is 60.0 Å². The van der Waals surface area contributed by atoms with Crippen LogP contribution in [0.1, 0.15) is 185 Å². The van der Waals surface area contributed by atoms with Crippen molar-refractivity contribution >= 4 is 76.1 Å². The molecule has 0 aliphatic heterocycles. The quantitative estimate of drug-likeness (QED) is 0.00673. The Kier molecular flexibility index (Phi) is 60.0. The molecule has 44 heteroatoms. The van der Waals surface area contributed by atoms with E-state index >= 15 is 0 Å². The van der Waals surface area contributed by atoms with Gasteiger partial charge in [0.15, 0.2) is 35.5 Å². The Bertz CT molecular complexity index is 4290. The van der Waals surface area contributed by atoms with Crippen LogP contribution in [0.3, 0.4) is 0 Å². The largest absolute Gasteiger partial charge is 0.486 e. The van der Waals surface area contributed by atoms with Crippen molar-refractivity contribution < 1.29 is 117 Å². The van der Waals surface area contributed by atoms with Crippen LogP contribution < -0.4 is 58.4 Å². The Labute approximate surface area is 751 Å². The number of aromatic nitrogens is 4. The van der Waals surface area contributed by atoms with Gasteiger partial charge < -0.3 is 91.4 Å². The second kappa shape index (κ2) is 62.9. The summed E-state index contributed by atoms with van der Waals surface area (Å²) in [6.45, 7) is 16.5. The number of benzene rings is 1. The number of methoxy groups -OCH3 is 4. The molecule has 4 atom stereocenters. The van der Waals surface area contributed by atoms with E-state index in [0.29, 0.717) is 75.5 Å². The van der Waals surface area contributed by atoms with Crippen LogP contribution >= 0.6 is 0 Å². The van der Waals surface area contributed by atoms with Gasteiger partial charge in [0.1, 0.15) is 96.4 Å². The van der Waals surface area contributed by atoms with Crippen molar-refractivity contribution in [3.63, 3.8) is 0 Å². The number of aryl methyl sites for hydroxylation is 3. The summed E-state index contributed by atoms with van der Waals surface area (Å²) >= 11 is 0. The lowest BCUT2D eigenvalue weighted by Gasteiger charge is -2.27. The molecule has 0 spiro atoms. The number of hydrogen-bond acceptors (Lipinski definition) is 30. The molecule has 722 valence electrons. The van der Waals surface area contributed by atoms with Crippen molar-refractivity contribution in [1.82, 2.24) is 41.4 Å². The van der Waals surface area contributed by atoms with Crippen LogP contribution in [0.2, 0.25) is 0 Å². The highest BCUT2D eigenvalue weighted by Crippen LogP contribution is 2.36. The van der Waals surface area contributed by atoms with Crippen LogP contribution in [0.5, 0.6) is 17.4 Å². The molecule has 0 unspecified atom stereocenters. The Morgan fingerprint density at radius 2 is 0.798 bits per heavy atom. The molecule has 0 fully saturated rings. The van der Waals surface area contributed by atoms with Crippen molar-refractivity contribution in [2.45, 2.75) is 255 Å². The van der Waals surface area contributed by atoms with Crippen molar-refractivity contribution in [2.24, 2.45) is 42.9 Å². The summed E-state index contributed by atoms with van der Waals surface area (Å²) in [5, 5.41) is 39.7. The topological polar surface area (TPSA) is 574 Å². The Morgan fingerprint density at radius 1 is 0.473 bits per heavy atom. The summed E-state index contributed by atoms with van der Waals surface area (Å²) in [6, 6.07) is 15.7. The molecule has 3 aromatic heterocycles. The maximum atomic E-state index is 12.8. The zero-order valence-electron chi connectivity index (χ0n) is 72.8. The highest BCUT2D eigenvalue weighted by Gasteiger charge is 2.58. The lowest BCUT2D eigenvalue weighted by molar-refractivity contribution is -0.319. The number of amides is 4. The number of carbonyl (C=O) groups is 9. The van der Waals surface area contributed by atoms with Crippen molar-refractivity contribution in [3.05, 3.63) is 90.0 Å². The van der Waals surface area contributed by atoms with Gasteiger partial charge in [0.25, 0.3) is 29.5 Å². The van der Waals surface area contributed by atoms with Crippen LogP contribution in [0.4, 0.5) is 26.3 Å². The number of alkyl halides is 6. The molecule has 3 heterocycles. The molecule has 4 aromatic rings. The Balaban J connectivity index is -0.000000807. The third kappa shape index (κ3) is 51.4. The number of nitriles is 3. The van der Waals surface area contributed by atoms with Crippen molar-refractivity contribution in [1.29, 1.82) is 15.8 Å². The van der Waals surface area contributed by atoms with E-state index in [2.05, 4.69) is 70.6 Å². The summed E-state index contributed by atoms with van der Waals surface area (Å²) in [6.07, 6.45) is -9.40. The summed E-state index contributed by atoms with van der Waals surface area (Å²) in [4.78, 5) is 140. The number of nitrogens with one attached hydrogen (secondary N) is 4. The highest BCUT2D eigenvalue weighted by molar-refractivity contribution is 5.97. The minimum atomic E-state index is -5.80. The zero-order chi connectivity index (χ0) is 94.7. The fraction of sp³-hybridized carbons (Fsp3) is 0.600. The van der Waals surface area contributed by atoms with Gasteiger partial charge in [0, 0.05) is 84.2 Å². The first-order valence-corrected chi connectivity index (χ1v) is 38.8. The van der Waals surface area contributed by atoms with Gasteiger partial charge in [-0.25, -0.2) is 9.97 Å². The van der Waals surface area contributed by atoms with E-state index in [-0.39, 0.29) is 148 Å². The van der Waals surface area contributed by atoms with Gasteiger partial charge in [-0.2, -0.15) is 42.1 Å². The molecule has 0 radical (unpaired) electrons. The molecule has 38 nitrogen and oxygen atoms in total. The number of ether oxygens (including phenoxy) is 9. The number of hydrogen-bond donors (Lipinski definition) is 8. The normalized spacial score (nSPS) is 12.7. The van der Waals surface area contributed by atoms with E-state index in [4.69, 9.17) is 76.6 Å². The molecule has 12 N–H and O–H groups in total. The third-order valence-electron chi connectivity index (χ3n) is 17.6. The predicted octanol–water partition coefficient (Wildman–Crippen LogP) is 8.67. The van der Waals surface area contributed by atoms with E-state index in [1.54, 1.807) is 90.9 Å². The van der Waals surface area contributed by atoms with Crippen molar-refractivity contribution in [2.75, 3.05) is 81.0 Å². The third-order valence-corrected chi connectivity index (χ3v) is 17.6. The number of halogens is 6. The minimum Gasteiger partial charge on any atom is -0.486 e. The first kappa shape index (κ1) is 123. The predicted molar refractivity (Wildman–Crippen MR) is 469 cm³/mol. The lowest BCUT2D eigenvalue weighted by Crippen LogP contribution is -2.52. The van der Waals surface area contributed by atoms with Crippen LogP contribution in [0, 0.1) is 54.8 Å². The Morgan fingerprint density at radius 3 is 1.12 bits per heavy atom. The van der Waals surface area contributed by atoms with Gasteiger partial charge in [0.05, 0.1) is 74.0 Å². The second-order valence-electron chi connectivity index (χ2n) is 29.2. The summed E-state index contributed by atoms with van der Waals surface area (Å²) < 4.78 is 127. The van der Waals surface area contributed by atoms with E-state index in [1.807, 2.05) is 32.1 Å². The number of ketones is 4.